The number of pyridine rings is 1. The van der Waals surface area contributed by atoms with Crippen LogP contribution in [0.25, 0.3) is 10.8 Å². The van der Waals surface area contributed by atoms with Crippen molar-refractivity contribution in [2.24, 2.45) is 0 Å². The summed E-state index contributed by atoms with van der Waals surface area (Å²) in [6.45, 7) is 3.82. The second-order valence-corrected chi connectivity index (χ2v) is 8.40. The molecule has 1 N–H and O–H groups in total. The van der Waals surface area contributed by atoms with Crippen LogP contribution in [0.2, 0.25) is 0 Å². The van der Waals surface area contributed by atoms with Gasteiger partial charge in [-0.25, -0.2) is 9.78 Å². The number of nitrogens with zero attached hydrogens (tertiary/aromatic N) is 4. The van der Waals surface area contributed by atoms with Crippen LogP contribution in [0, 0.1) is 0 Å². The Bertz CT molecular complexity index is 1280. The highest BCUT2D eigenvalue weighted by Crippen LogP contribution is 2.27. The molecule has 1 aliphatic heterocycles. The maximum atomic E-state index is 11.9. The molecular formula is C27H27N5O2. The third kappa shape index (κ3) is 4.69. The van der Waals surface area contributed by atoms with E-state index < -0.39 is 0 Å². The first-order chi connectivity index (χ1) is 16.7. The first-order valence-corrected chi connectivity index (χ1v) is 11.6. The van der Waals surface area contributed by atoms with Crippen molar-refractivity contribution in [1.82, 2.24) is 15.2 Å². The summed E-state index contributed by atoms with van der Waals surface area (Å²) in [7, 11) is 0. The molecule has 7 heteroatoms. The molecular weight excluding hydrogens is 426 g/mol. The highest BCUT2D eigenvalue weighted by molar-refractivity contribution is 5.93. The molecule has 0 bridgehead atoms. The maximum absolute atomic E-state index is 11.9. The third-order valence-electron chi connectivity index (χ3n) is 6.09. The Balaban J connectivity index is 1.30. The van der Waals surface area contributed by atoms with Crippen molar-refractivity contribution in [3.63, 3.8) is 0 Å². The number of carbonyl (C=O) groups excluding carboxylic acids is 1. The maximum Gasteiger partial charge on any atom is 0.339 e. The Morgan fingerprint density at radius 1 is 1.03 bits per heavy atom. The van der Waals surface area contributed by atoms with E-state index in [4.69, 9.17) is 4.74 Å². The Morgan fingerprint density at radius 3 is 2.59 bits per heavy atom. The molecule has 5 rings (SSSR count). The molecule has 2 aromatic carbocycles. The van der Waals surface area contributed by atoms with Crippen molar-refractivity contribution in [2.45, 2.75) is 25.8 Å². The fourth-order valence-corrected chi connectivity index (χ4v) is 4.37. The number of benzene rings is 2. The van der Waals surface area contributed by atoms with E-state index in [1.54, 1.807) is 19.2 Å². The molecule has 2 aromatic heterocycles. The summed E-state index contributed by atoms with van der Waals surface area (Å²) < 4.78 is 5.04. The molecule has 4 aromatic rings. The Labute approximate surface area is 198 Å². The smallest absolute Gasteiger partial charge is 0.339 e. The first-order valence-electron chi connectivity index (χ1n) is 11.6. The number of aromatic nitrogens is 3. The van der Waals surface area contributed by atoms with E-state index in [2.05, 4.69) is 49.7 Å². The van der Waals surface area contributed by atoms with Gasteiger partial charge < -0.3 is 15.0 Å². The highest BCUT2D eigenvalue weighted by Gasteiger charge is 2.25. The Morgan fingerprint density at radius 2 is 1.82 bits per heavy atom. The minimum Gasteiger partial charge on any atom is -0.462 e. The van der Waals surface area contributed by atoms with E-state index in [9.17, 15) is 4.79 Å². The molecule has 0 spiro atoms. The lowest BCUT2D eigenvalue weighted by Gasteiger charge is -2.19. The van der Waals surface area contributed by atoms with Gasteiger partial charge in [-0.15, -0.1) is 5.10 Å². The standard InChI is InChI=1S/C27H27N5O2/c1-2-34-27(33)20-12-13-25(28-17-20)32-15-14-21(18-32)29-26-23-11-7-6-10-22(23)24(30-31-26)16-19-8-4-3-5-9-19/h3-13,17,21H,2,14-16,18H2,1H3,(H,29,31). The summed E-state index contributed by atoms with van der Waals surface area (Å²) in [5.74, 6) is 1.32. The number of nitrogens with one attached hydrogen (secondary N) is 1. The summed E-state index contributed by atoms with van der Waals surface area (Å²) in [6, 6.07) is 22.5. The summed E-state index contributed by atoms with van der Waals surface area (Å²) in [5, 5.41) is 15.0. The van der Waals surface area contributed by atoms with Crippen LogP contribution < -0.4 is 10.2 Å². The minimum absolute atomic E-state index is 0.226. The fourth-order valence-electron chi connectivity index (χ4n) is 4.37. The predicted molar refractivity (Wildman–Crippen MR) is 133 cm³/mol. The summed E-state index contributed by atoms with van der Waals surface area (Å²) in [6.07, 6.45) is 3.29. The Hall–Kier alpha value is -4.00. The van der Waals surface area contributed by atoms with Crippen LogP contribution in [0.15, 0.2) is 72.9 Å². The van der Waals surface area contributed by atoms with Crippen LogP contribution in [0.3, 0.4) is 0 Å². The van der Waals surface area contributed by atoms with Gasteiger partial charge in [-0.3, -0.25) is 0 Å². The molecule has 34 heavy (non-hydrogen) atoms. The lowest BCUT2D eigenvalue weighted by atomic mass is 10.0. The molecule has 0 saturated carbocycles. The average molecular weight is 454 g/mol. The summed E-state index contributed by atoms with van der Waals surface area (Å²) in [5.41, 5.74) is 2.67. The van der Waals surface area contributed by atoms with Crippen LogP contribution in [0.5, 0.6) is 0 Å². The molecule has 0 aliphatic carbocycles. The SMILES string of the molecule is CCOC(=O)c1ccc(N2CCC(Nc3nnc(Cc4ccccc4)c4ccccc34)C2)nc1. The van der Waals surface area contributed by atoms with Crippen molar-refractivity contribution in [3.05, 3.63) is 89.7 Å². The zero-order valence-corrected chi connectivity index (χ0v) is 19.1. The van der Waals surface area contributed by atoms with Gasteiger partial charge in [-0.05, 0) is 31.0 Å². The van der Waals surface area contributed by atoms with Gasteiger partial charge in [0.1, 0.15) is 5.82 Å². The summed E-state index contributed by atoms with van der Waals surface area (Å²) in [4.78, 5) is 18.6. The lowest BCUT2D eigenvalue weighted by Crippen LogP contribution is -2.27. The third-order valence-corrected chi connectivity index (χ3v) is 6.09. The molecule has 1 aliphatic rings. The second-order valence-electron chi connectivity index (χ2n) is 8.40. The van der Waals surface area contributed by atoms with E-state index in [1.165, 1.54) is 5.56 Å². The number of fused-ring (bicyclic) bond motifs is 1. The molecule has 1 atom stereocenters. The van der Waals surface area contributed by atoms with Crippen molar-refractivity contribution in [2.75, 3.05) is 29.9 Å². The number of esters is 1. The number of carbonyl (C=O) groups is 1. The predicted octanol–water partition coefficient (Wildman–Crippen LogP) is 4.48. The van der Waals surface area contributed by atoms with Gasteiger partial charge in [0.05, 0.1) is 17.9 Å². The van der Waals surface area contributed by atoms with Crippen LogP contribution >= 0.6 is 0 Å². The Kier molecular flexibility index (Phi) is 6.33. The van der Waals surface area contributed by atoms with Crippen molar-refractivity contribution in [1.29, 1.82) is 0 Å². The van der Waals surface area contributed by atoms with Gasteiger partial charge in [0.2, 0.25) is 0 Å². The second kappa shape index (κ2) is 9.87. The minimum atomic E-state index is -0.344. The number of ether oxygens (including phenoxy) is 1. The van der Waals surface area contributed by atoms with Crippen molar-refractivity contribution >= 4 is 28.4 Å². The molecule has 172 valence electrons. The molecule has 1 saturated heterocycles. The van der Waals surface area contributed by atoms with Gasteiger partial charge in [0, 0.05) is 42.5 Å². The normalized spacial score (nSPS) is 15.4. The van der Waals surface area contributed by atoms with E-state index in [-0.39, 0.29) is 12.0 Å². The van der Waals surface area contributed by atoms with E-state index >= 15 is 0 Å². The monoisotopic (exact) mass is 453 g/mol. The molecule has 1 unspecified atom stereocenters. The van der Waals surface area contributed by atoms with Gasteiger partial charge in [0.15, 0.2) is 5.82 Å². The highest BCUT2D eigenvalue weighted by atomic mass is 16.5. The van der Waals surface area contributed by atoms with Gasteiger partial charge in [-0.1, -0.05) is 54.6 Å². The molecule has 0 radical (unpaired) electrons. The quantitative estimate of drug-likeness (QED) is 0.413. The van der Waals surface area contributed by atoms with Crippen LogP contribution in [0.1, 0.15) is 35.0 Å². The molecule has 7 nitrogen and oxygen atoms in total. The van der Waals surface area contributed by atoms with Crippen molar-refractivity contribution in [3.8, 4) is 0 Å². The first kappa shape index (κ1) is 21.8. The van der Waals surface area contributed by atoms with E-state index in [1.807, 2.05) is 36.4 Å². The number of hydrogen-bond acceptors (Lipinski definition) is 7. The molecule has 1 fully saturated rings. The van der Waals surface area contributed by atoms with Gasteiger partial charge in [-0.2, -0.15) is 5.10 Å². The fraction of sp³-hybridized carbons (Fsp3) is 0.259. The number of rotatable bonds is 7. The van der Waals surface area contributed by atoms with Gasteiger partial charge in [0.25, 0.3) is 0 Å². The lowest BCUT2D eigenvalue weighted by molar-refractivity contribution is 0.0526. The molecule has 0 amide bonds. The van der Waals surface area contributed by atoms with E-state index in [0.717, 1.165) is 54.0 Å². The average Bonchev–Trinajstić information content (AvgIpc) is 3.35. The van der Waals surface area contributed by atoms with E-state index in [0.29, 0.717) is 12.2 Å². The zero-order chi connectivity index (χ0) is 23.3. The van der Waals surface area contributed by atoms with Crippen LogP contribution in [0.4, 0.5) is 11.6 Å². The van der Waals surface area contributed by atoms with Crippen molar-refractivity contribution < 1.29 is 9.53 Å². The zero-order valence-electron chi connectivity index (χ0n) is 19.1. The topological polar surface area (TPSA) is 80.2 Å². The number of anilines is 2. The number of hydrogen-bond donors (Lipinski definition) is 1. The molecule has 3 heterocycles. The van der Waals surface area contributed by atoms with Crippen LogP contribution in [-0.4, -0.2) is 46.9 Å². The largest absolute Gasteiger partial charge is 0.462 e. The van der Waals surface area contributed by atoms with Gasteiger partial charge >= 0.3 is 5.97 Å². The van der Waals surface area contributed by atoms with Crippen LogP contribution in [-0.2, 0) is 11.2 Å². The summed E-state index contributed by atoms with van der Waals surface area (Å²) >= 11 is 0.